The van der Waals surface area contributed by atoms with Crippen molar-refractivity contribution in [3.8, 4) is 0 Å². The van der Waals surface area contributed by atoms with Crippen LogP contribution in [0.3, 0.4) is 0 Å². The van der Waals surface area contributed by atoms with Crippen molar-refractivity contribution in [2.24, 2.45) is 11.8 Å². The number of carbonyl (C=O) groups is 2. The van der Waals surface area contributed by atoms with Crippen molar-refractivity contribution in [1.82, 2.24) is 5.06 Å². The quantitative estimate of drug-likeness (QED) is 0.400. The zero-order valence-electron chi connectivity index (χ0n) is 5.99. The van der Waals surface area contributed by atoms with E-state index in [1.165, 1.54) is 0 Å². The van der Waals surface area contributed by atoms with Gasteiger partial charge in [-0.25, -0.2) is 0 Å². The van der Waals surface area contributed by atoms with Gasteiger partial charge in [-0.1, -0.05) is 6.42 Å². The molecule has 2 fully saturated rings. The smallest absolute Gasteiger partial charge is 0.257 e. The van der Waals surface area contributed by atoms with Crippen LogP contribution in [0.2, 0.25) is 0 Å². The highest BCUT2D eigenvalue weighted by Crippen LogP contribution is 2.38. The van der Waals surface area contributed by atoms with Crippen LogP contribution in [0, 0.1) is 11.8 Å². The lowest BCUT2D eigenvalue weighted by Gasteiger charge is -2.03. The lowest BCUT2D eigenvalue weighted by atomic mass is 10.00. The molecule has 0 aromatic rings. The molecule has 0 radical (unpaired) electrons. The molecule has 0 aromatic heterocycles. The Hall–Kier alpha value is -0.900. The number of hydrogen-bond donors (Lipinski definition) is 1. The second-order valence-corrected chi connectivity index (χ2v) is 3.13. The van der Waals surface area contributed by atoms with E-state index in [1.807, 2.05) is 0 Å². The SMILES string of the molecule is O=C1C2CCCC2C(=O)N1O. The maximum Gasteiger partial charge on any atom is 0.257 e. The van der Waals surface area contributed by atoms with Crippen LogP contribution in [-0.2, 0) is 9.59 Å². The van der Waals surface area contributed by atoms with Gasteiger partial charge in [0, 0.05) is 0 Å². The van der Waals surface area contributed by atoms with Gasteiger partial charge in [-0.2, -0.15) is 5.06 Å². The van der Waals surface area contributed by atoms with E-state index in [4.69, 9.17) is 5.21 Å². The Morgan fingerprint density at radius 3 is 2.09 bits per heavy atom. The second-order valence-electron chi connectivity index (χ2n) is 3.13. The average Bonchev–Trinajstić information content (AvgIpc) is 2.53. The molecule has 1 saturated carbocycles. The van der Waals surface area contributed by atoms with Gasteiger partial charge in [-0.05, 0) is 12.8 Å². The van der Waals surface area contributed by atoms with Crippen molar-refractivity contribution in [2.45, 2.75) is 19.3 Å². The van der Waals surface area contributed by atoms with Gasteiger partial charge in [0.2, 0.25) is 0 Å². The summed E-state index contributed by atoms with van der Waals surface area (Å²) in [5.41, 5.74) is 0. The van der Waals surface area contributed by atoms with Gasteiger partial charge >= 0.3 is 0 Å². The highest BCUT2D eigenvalue weighted by Gasteiger charge is 2.49. The summed E-state index contributed by atoms with van der Waals surface area (Å²) in [5, 5.41) is 9.19. The Morgan fingerprint density at radius 2 is 1.64 bits per heavy atom. The van der Waals surface area contributed by atoms with Crippen molar-refractivity contribution >= 4 is 11.8 Å². The van der Waals surface area contributed by atoms with Crippen molar-refractivity contribution in [3.05, 3.63) is 0 Å². The molecule has 2 amide bonds. The molecule has 0 aromatic carbocycles. The summed E-state index contributed by atoms with van der Waals surface area (Å²) in [5.74, 6) is -1.24. The molecule has 2 unspecified atom stereocenters. The van der Waals surface area contributed by atoms with E-state index in [2.05, 4.69) is 0 Å². The molecule has 0 bridgehead atoms. The van der Waals surface area contributed by atoms with Gasteiger partial charge in [0.1, 0.15) is 0 Å². The first kappa shape index (κ1) is 6.79. The summed E-state index contributed by atoms with van der Waals surface area (Å²) < 4.78 is 0. The predicted octanol–water partition coefficient (Wildman–Crippen LogP) is 0.161. The lowest BCUT2D eigenvalue weighted by molar-refractivity contribution is -0.173. The Morgan fingerprint density at radius 1 is 1.18 bits per heavy atom. The van der Waals surface area contributed by atoms with Gasteiger partial charge in [0.25, 0.3) is 11.8 Å². The Bertz CT molecular complexity index is 204. The summed E-state index contributed by atoms with van der Waals surface area (Å²) in [7, 11) is 0. The van der Waals surface area contributed by atoms with Crippen LogP contribution in [0.5, 0.6) is 0 Å². The van der Waals surface area contributed by atoms with Gasteiger partial charge in [-0.15, -0.1) is 0 Å². The number of hydroxylamine groups is 2. The maximum absolute atomic E-state index is 11.1. The molecule has 0 spiro atoms. The third-order valence-corrected chi connectivity index (χ3v) is 2.57. The van der Waals surface area contributed by atoms with Crippen LogP contribution in [0.1, 0.15) is 19.3 Å². The summed E-state index contributed by atoms with van der Waals surface area (Å²) in [6, 6.07) is 0. The Kier molecular flexibility index (Phi) is 1.26. The topological polar surface area (TPSA) is 57.6 Å². The van der Waals surface area contributed by atoms with Crippen LogP contribution in [0.15, 0.2) is 0 Å². The van der Waals surface area contributed by atoms with Crippen LogP contribution < -0.4 is 0 Å². The summed E-state index contributed by atoms with van der Waals surface area (Å²) in [6.45, 7) is 0. The van der Waals surface area contributed by atoms with Crippen LogP contribution in [-0.4, -0.2) is 22.1 Å². The van der Waals surface area contributed by atoms with Crippen molar-refractivity contribution < 1.29 is 14.8 Å². The minimum Gasteiger partial charge on any atom is -0.278 e. The molecule has 11 heavy (non-hydrogen) atoms. The summed E-state index contributed by atoms with van der Waals surface area (Å²) in [4.78, 5) is 22.1. The van der Waals surface area contributed by atoms with E-state index < -0.39 is 11.8 Å². The predicted molar refractivity (Wildman–Crippen MR) is 34.5 cm³/mol. The molecular weight excluding hydrogens is 146 g/mol. The van der Waals surface area contributed by atoms with Crippen molar-refractivity contribution in [1.29, 1.82) is 0 Å². The zero-order chi connectivity index (χ0) is 8.01. The monoisotopic (exact) mass is 155 g/mol. The molecule has 1 aliphatic carbocycles. The molecule has 4 heteroatoms. The maximum atomic E-state index is 11.1. The van der Waals surface area contributed by atoms with E-state index in [9.17, 15) is 9.59 Å². The lowest BCUT2D eigenvalue weighted by Crippen LogP contribution is -2.27. The molecular formula is C7H9NO3. The molecule has 1 aliphatic heterocycles. The van der Waals surface area contributed by atoms with E-state index in [1.54, 1.807) is 0 Å². The highest BCUT2D eigenvalue weighted by molar-refractivity contribution is 6.04. The number of rotatable bonds is 0. The van der Waals surface area contributed by atoms with Gasteiger partial charge in [-0.3, -0.25) is 14.8 Å². The third-order valence-electron chi connectivity index (χ3n) is 2.57. The van der Waals surface area contributed by atoms with Crippen molar-refractivity contribution in [3.63, 3.8) is 0 Å². The van der Waals surface area contributed by atoms with E-state index >= 15 is 0 Å². The minimum atomic E-state index is -0.405. The molecule has 2 rings (SSSR count). The number of carbonyl (C=O) groups excluding carboxylic acids is 2. The molecule has 1 N–H and O–H groups in total. The van der Waals surface area contributed by atoms with Gasteiger partial charge in [0.05, 0.1) is 11.8 Å². The van der Waals surface area contributed by atoms with E-state index in [0.29, 0.717) is 0 Å². The number of amides is 2. The highest BCUT2D eigenvalue weighted by atomic mass is 16.5. The van der Waals surface area contributed by atoms with Gasteiger partial charge < -0.3 is 0 Å². The molecule has 2 aliphatic rings. The van der Waals surface area contributed by atoms with Gasteiger partial charge in [0.15, 0.2) is 0 Å². The first-order chi connectivity index (χ1) is 5.22. The largest absolute Gasteiger partial charge is 0.278 e. The Labute approximate surface area is 63.7 Å². The normalized spacial score (nSPS) is 36.6. The Balaban J connectivity index is 2.30. The minimum absolute atomic E-state index is 0.215. The zero-order valence-corrected chi connectivity index (χ0v) is 5.99. The number of nitrogens with zero attached hydrogens (tertiary/aromatic N) is 1. The third kappa shape index (κ3) is 0.728. The average molecular weight is 155 g/mol. The van der Waals surface area contributed by atoms with E-state index in [-0.39, 0.29) is 16.9 Å². The summed E-state index contributed by atoms with van der Waals surface area (Å²) >= 11 is 0. The first-order valence-corrected chi connectivity index (χ1v) is 3.78. The molecule has 1 saturated heterocycles. The summed E-state index contributed by atoms with van der Waals surface area (Å²) in [6.07, 6.45) is 2.44. The fraction of sp³-hybridized carbons (Fsp3) is 0.714. The number of hydrogen-bond acceptors (Lipinski definition) is 3. The molecule has 2 atom stereocenters. The number of imide groups is 1. The fourth-order valence-electron chi connectivity index (χ4n) is 1.97. The molecule has 60 valence electrons. The van der Waals surface area contributed by atoms with Crippen LogP contribution in [0.4, 0.5) is 0 Å². The van der Waals surface area contributed by atoms with Crippen LogP contribution in [0.25, 0.3) is 0 Å². The van der Waals surface area contributed by atoms with Crippen molar-refractivity contribution in [2.75, 3.05) is 0 Å². The van der Waals surface area contributed by atoms with E-state index in [0.717, 1.165) is 19.3 Å². The first-order valence-electron chi connectivity index (χ1n) is 3.78. The standard InChI is InChI=1S/C7H9NO3/c9-6-4-2-1-3-5(4)7(10)8(6)11/h4-5,11H,1-3H2. The molecule has 1 heterocycles. The van der Waals surface area contributed by atoms with Crippen LogP contribution >= 0.6 is 0 Å². The second kappa shape index (κ2) is 2.04. The fourth-order valence-corrected chi connectivity index (χ4v) is 1.97. The molecule has 4 nitrogen and oxygen atoms in total. The number of fused-ring (bicyclic) bond motifs is 1.